The minimum atomic E-state index is 0.295. The van der Waals surface area contributed by atoms with Crippen LogP contribution in [0.4, 0.5) is 0 Å². The van der Waals surface area contributed by atoms with Gasteiger partial charge in [-0.1, -0.05) is 26.1 Å². The number of ether oxygens (including phenoxy) is 1. The molecule has 0 unspecified atom stereocenters. The normalized spacial score (nSPS) is 10.7. The van der Waals surface area contributed by atoms with Gasteiger partial charge in [0.05, 0.1) is 25.3 Å². The summed E-state index contributed by atoms with van der Waals surface area (Å²) in [5.74, 6) is 1.02. The third-order valence-corrected chi connectivity index (χ3v) is 3.03. The Bertz CT molecular complexity index is 607. The van der Waals surface area contributed by atoms with Crippen molar-refractivity contribution in [2.75, 3.05) is 7.11 Å². The van der Waals surface area contributed by atoms with Crippen LogP contribution in [0.3, 0.4) is 0 Å². The van der Waals surface area contributed by atoms with Crippen LogP contribution >= 0.6 is 12.2 Å². The molecule has 2 heterocycles. The van der Waals surface area contributed by atoms with Gasteiger partial charge in [0, 0.05) is 17.3 Å². The maximum atomic E-state index is 5.29. The quantitative estimate of drug-likeness (QED) is 0.861. The zero-order valence-corrected chi connectivity index (χ0v) is 11.4. The van der Waals surface area contributed by atoms with Gasteiger partial charge in [-0.05, 0) is 12.0 Å². The molecule has 5 heteroatoms. The van der Waals surface area contributed by atoms with Crippen LogP contribution in [0.25, 0.3) is 11.3 Å². The highest BCUT2D eigenvalue weighted by molar-refractivity contribution is 7.71. The second kappa shape index (κ2) is 5.27. The fourth-order valence-electron chi connectivity index (χ4n) is 1.85. The number of nitrogens with one attached hydrogen (secondary N) is 1. The molecule has 0 saturated heterocycles. The number of nitrogens with zero attached hydrogens (tertiary/aromatic N) is 2. The highest BCUT2D eigenvalue weighted by Crippen LogP contribution is 2.28. The third-order valence-electron chi connectivity index (χ3n) is 2.71. The Kier molecular flexibility index (Phi) is 3.72. The molecule has 0 saturated carbocycles. The topological polar surface area (TPSA) is 50.8 Å². The first-order chi connectivity index (χ1) is 8.63. The summed E-state index contributed by atoms with van der Waals surface area (Å²) in [6, 6.07) is 1.93. The fraction of sp³-hybridized carbons (Fsp3) is 0.308. The summed E-state index contributed by atoms with van der Waals surface area (Å²) in [5, 5.41) is 0. The summed E-state index contributed by atoms with van der Waals surface area (Å²) < 4.78 is 5.82. The number of pyridine rings is 1. The summed E-state index contributed by atoms with van der Waals surface area (Å²) in [4.78, 5) is 11.5. The number of H-pyrrole nitrogens is 1. The van der Waals surface area contributed by atoms with Crippen LogP contribution in [-0.4, -0.2) is 22.1 Å². The fourth-order valence-corrected chi connectivity index (χ4v) is 2.24. The third kappa shape index (κ3) is 2.41. The van der Waals surface area contributed by atoms with Crippen molar-refractivity contribution in [1.82, 2.24) is 15.0 Å². The smallest absolute Gasteiger partial charge is 0.137 e. The number of hydrogen-bond acceptors (Lipinski definition) is 4. The molecule has 0 radical (unpaired) electrons. The number of aromatic nitrogens is 3. The van der Waals surface area contributed by atoms with Gasteiger partial charge in [-0.3, -0.25) is 4.98 Å². The van der Waals surface area contributed by atoms with Gasteiger partial charge >= 0.3 is 0 Å². The van der Waals surface area contributed by atoms with Crippen LogP contribution in [0.1, 0.15) is 25.3 Å². The molecular formula is C13H15N3OS. The van der Waals surface area contributed by atoms with E-state index >= 15 is 0 Å². The van der Waals surface area contributed by atoms with Crippen LogP contribution in [0.5, 0.6) is 5.75 Å². The lowest BCUT2D eigenvalue weighted by Crippen LogP contribution is -1.99. The molecule has 0 aliphatic carbocycles. The van der Waals surface area contributed by atoms with Gasteiger partial charge in [0.15, 0.2) is 0 Å². The van der Waals surface area contributed by atoms with E-state index < -0.39 is 0 Å². The van der Waals surface area contributed by atoms with Crippen molar-refractivity contribution in [3.63, 3.8) is 0 Å². The monoisotopic (exact) mass is 261 g/mol. The molecule has 0 fully saturated rings. The van der Waals surface area contributed by atoms with E-state index in [2.05, 4.69) is 28.8 Å². The van der Waals surface area contributed by atoms with Crippen LogP contribution in [0.15, 0.2) is 24.8 Å². The highest BCUT2D eigenvalue weighted by atomic mass is 32.1. The Balaban J connectivity index is 2.63. The maximum absolute atomic E-state index is 5.29. The van der Waals surface area contributed by atoms with E-state index in [9.17, 15) is 0 Å². The van der Waals surface area contributed by atoms with Crippen LogP contribution in [0, 0.1) is 4.64 Å². The molecule has 0 bridgehead atoms. The molecular weight excluding hydrogens is 246 g/mol. The molecule has 0 aliphatic rings. The van der Waals surface area contributed by atoms with Gasteiger partial charge in [0.25, 0.3) is 0 Å². The van der Waals surface area contributed by atoms with Crippen molar-refractivity contribution in [2.45, 2.75) is 19.8 Å². The molecule has 0 aromatic carbocycles. The summed E-state index contributed by atoms with van der Waals surface area (Å²) >= 11 is 5.29. The van der Waals surface area contributed by atoms with Crippen molar-refractivity contribution in [3.8, 4) is 17.0 Å². The first kappa shape index (κ1) is 12.7. The second-order valence-corrected chi connectivity index (χ2v) is 4.65. The van der Waals surface area contributed by atoms with E-state index in [0.29, 0.717) is 10.6 Å². The lowest BCUT2D eigenvalue weighted by molar-refractivity contribution is 0.413. The van der Waals surface area contributed by atoms with Crippen LogP contribution in [-0.2, 0) is 0 Å². The zero-order valence-electron chi connectivity index (χ0n) is 10.6. The van der Waals surface area contributed by atoms with E-state index in [4.69, 9.17) is 17.0 Å². The molecule has 0 amide bonds. The molecule has 0 atom stereocenters. The summed E-state index contributed by atoms with van der Waals surface area (Å²) in [6.45, 7) is 4.19. The van der Waals surface area contributed by atoms with E-state index in [1.165, 1.54) is 0 Å². The Morgan fingerprint density at radius 1 is 1.33 bits per heavy atom. The Morgan fingerprint density at radius 3 is 2.78 bits per heavy atom. The molecule has 4 nitrogen and oxygen atoms in total. The van der Waals surface area contributed by atoms with Crippen molar-refractivity contribution >= 4 is 12.2 Å². The summed E-state index contributed by atoms with van der Waals surface area (Å²) in [7, 11) is 1.62. The van der Waals surface area contributed by atoms with Crippen molar-refractivity contribution in [1.29, 1.82) is 0 Å². The average molecular weight is 261 g/mol. The molecule has 1 N–H and O–H groups in total. The van der Waals surface area contributed by atoms with Gasteiger partial charge in [0.2, 0.25) is 0 Å². The zero-order chi connectivity index (χ0) is 13.1. The lowest BCUT2D eigenvalue weighted by atomic mass is 10.00. The number of aromatic amines is 1. The summed E-state index contributed by atoms with van der Waals surface area (Å²) in [5.41, 5.74) is 2.94. The van der Waals surface area contributed by atoms with Gasteiger partial charge in [-0.25, -0.2) is 4.98 Å². The van der Waals surface area contributed by atoms with Gasteiger partial charge in [0.1, 0.15) is 10.4 Å². The molecule has 2 aromatic heterocycles. The largest absolute Gasteiger partial charge is 0.495 e. The molecule has 94 valence electrons. The van der Waals surface area contributed by atoms with Gasteiger partial charge in [-0.2, -0.15) is 0 Å². The van der Waals surface area contributed by atoms with Crippen molar-refractivity contribution < 1.29 is 4.74 Å². The van der Waals surface area contributed by atoms with Crippen LogP contribution in [0.2, 0.25) is 0 Å². The van der Waals surface area contributed by atoms with E-state index in [1.54, 1.807) is 25.8 Å². The van der Waals surface area contributed by atoms with E-state index in [1.807, 2.05) is 6.07 Å². The highest BCUT2D eigenvalue weighted by Gasteiger charge is 2.12. The molecule has 2 rings (SSSR count). The molecule has 0 spiro atoms. The SMILES string of the molecule is COc1cncc(-c2[nH]cnc(=S)c2C(C)C)c1. The average Bonchev–Trinajstić information content (AvgIpc) is 2.38. The van der Waals surface area contributed by atoms with Crippen LogP contribution < -0.4 is 4.74 Å². The van der Waals surface area contributed by atoms with Crippen molar-refractivity contribution in [3.05, 3.63) is 35.0 Å². The molecule has 0 aliphatic heterocycles. The first-order valence-corrected chi connectivity index (χ1v) is 6.11. The molecule has 2 aromatic rings. The minimum Gasteiger partial charge on any atom is -0.495 e. The van der Waals surface area contributed by atoms with E-state index in [-0.39, 0.29) is 0 Å². The maximum Gasteiger partial charge on any atom is 0.137 e. The minimum absolute atomic E-state index is 0.295. The Labute approximate surface area is 111 Å². The Morgan fingerprint density at radius 2 is 2.11 bits per heavy atom. The van der Waals surface area contributed by atoms with Gasteiger partial charge in [-0.15, -0.1) is 0 Å². The number of methoxy groups -OCH3 is 1. The van der Waals surface area contributed by atoms with Crippen molar-refractivity contribution in [2.24, 2.45) is 0 Å². The lowest BCUT2D eigenvalue weighted by Gasteiger charge is -2.12. The standard InChI is InChI=1S/C13H15N3OS/c1-8(2)11-12(15-7-16-13(11)18)9-4-10(17-3)6-14-5-9/h4-8H,1-3H3,(H,15,16,18). The summed E-state index contributed by atoms with van der Waals surface area (Å²) in [6.07, 6.45) is 5.08. The van der Waals surface area contributed by atoms with E-state index in [0.717, 1.165) is 22.6 Å². The predicted octanol–water partition coefficient (Wildman–Crippen LogP) is 3.33. The number of hydrogen-bond donors (Lipinski definition) is 1. The number of rotatable bonds is 3. The molecule has 18 heavy (non-hydrogen) atoms. The first-order valence-electron chi connectivity index (χ1n) is 5.70. The predicted molar refractivity (Wildman–Crippen MR) is 73.3 cm³/mol. The Hall–Kier alpha value is -1.75. The van der Waals surface area contributed by atoms with Gasteiger partial charge < -0.3 is 9.72 Å². The second-order valence-electron chi connectivity index (χ2n) is 4.26.